The second-order valence-corrected chi connectivity index (χ2v) is 8.95. The van der Waals surface area contributed by atoms with Gasteiger partial charge in [-0.15, -0.1) is 0 Å². The van der Waals surface area contributed by atoms with Crippen LogP contribution in [0.4, 0.5) is 0 Å². The molecule has 0 aliphatic carbocycles. The van der Waals surface area contributed by atoms with E-state index in [2.05, 4.69) is 5.32 Å². The van der Waals surface area contributed by atoms with Crippen LogP contribution < -0.4 is 5.32 Å². The van der Waals surface area contributed by atoms with Crippen LogP contribution in [0.2, 0.25) is 0 Å². The van der Waals surface area contributed by atoms with E-state index in [9.17, 15) is 18.6 Å². The van der Waals surface area contributed by atoms with E-state index < -0.39 is 40.9 Å². The van der Waals surface area contributed by atoms with E-state index in [1.54, 1.807) is 20.8 Å². The van der Waals surface area contributed by atoms with Gasteiger partial charge in [0.1, 0.15) is 12.1 Å². The number of hydrogen-bond acceptors (Lipinski definition) is 7. The van der Waals surface area contributed by atoms with Gasteiger partial charge in [0.15, 0.2) is 0 Å². The van der Waals surface area contributed by atoms with Gasteiger partial charge in [-0.25, -0.2) is 4.79 Å². The molecular weight excluding hydrogens is 420 g/mol. The molecule has 1 saturated heterocycles. The Kier molecular flexibility index (Phi) is 10.1. The van der Waals surface area contributed by atoms with Crippen LogP contribution in [0.3, 0.4) is 0 Å². The largest absolute Gasteiger partial charge is 0.465 e. The number of aryl methyl sites for hydroxylation is 1. The van der Waals surface area contributed by atoms with Crippen molar-refractivity contribution in [2.24, 2.45) is 0 Å². The number of amides is 1. The lowest BCUT2D eigenvalue weighted by Crippen LogP contribution is -2.59. The summed E-state index contributed by atoms with van der Waals surface area (Å²) in [4.78, 5) is 39.3. The molecule has 1 aromatic rings. The zero-order valence-electron chi connectivity index (χ0n) is 18.4. The maximum atomic E-state index is 13.1. The number of rotatable bonds is 10. The molecule has 172 valence electrons. The number of hydrogen-bond donors (Lipinski definition) is 1. The summed E-state index contributed by atoms with van der Waals surface area (Å²) in [5.41, 5.74) is 1.08. The third-order valence-corrected chi connectivity index (χ3v) is 6.40. The van der Waals surface area contributed by atoms with Crippen LogP contribution in [0.5, 0.6) is 0 Å². The van der Waals surface area contributed by atoms with E-state index in [-0.39, 0.29) is 31.4 Å². The molecule has 1 N–H and O–H groups in total. The first-order chi connectivity index (χ1) is 14.9. The fourth-order valence-electron chi connectivity index (χ4n) is 3.49. The summed E-state index contributed by atoms with van der Waals surface area (Å²) in [6.45, 7) is 5.71. The fourth-order valence-corrected chi connectivity index (χ4v) is 4.73. The smallest absolute Gasteiger partial charge is 0.329 e. The minimum absolute atomic E-state index is 0.0621. The highest BCUT2D eigenvalue weighted by Gasteiger charge is 2.38. The summed E-state index contributed by atoms with van der Waals surface area (Å²) in [6.07, 6.45) is 1.11. The molecule has 4 atom stereocenters. The van der Waals surface area contributed by atoms with Gasteiger partial charge in [0.25, 0.3) is 0 Å². The Morgan fingerprint density at radius 3 is 2.48 bits per heavy atom. The molecule has 2 rings (SSSR count). The van der Waals surface area contributed by atoms with Gasteiger partial charge in [0.05, 0.1) is 25.0 Å². The van der Waals surface area contributed by atoms with Crippen molar-refractivity contribution in [1.29, 1.82) is 0 Å². The molecule has 1 aliphatic heterocycles. The van der Waals surface area contributed by atoms with Gasteiger partial charge in [0, 0.05) is 23.1 Å². The Morgan fingerprint density at radius 2 is 1.84 bits per heavy atom. The van der Waals surface area contributed by atoms with Crippen LogP contribution >= 0.6 is 0 Å². The number of nitrogens with zero attached hydrogens (tertiary/aromatic N) is 1. The van der Waals surface area contributed by atoms with Crippen molar-refractivity contribution in [3.8, 4) is 0 Å². The van der Waals surface area contributed by atoms with Crippen molar-refractivity contribution >= 4 is 28.6 Å². The summed E-state index contributed by atoms with van der Waals surface area (Å²) >= 11 is 0. The lowest BCUT2D eigenvalue weighted by molar-refractivity contribution is -0.155. The second-order valence-electron chi connectivity index (χ2n) is 7.33. The first kappa shape index (κ1) is 25.0. The Morgan fingerprint density at radius 1 is 1.16 bits per heavy atom. The quantitative estimate of drug-likeness (QED) is 0.530. The number of ether oxygens (including phenoxy) is 2. The molecule has 9 heteroatoms. The highest BCUT2D eigenvalue weighted by atomic mass is 32.2. The number of carbonyl (C=O) groups is 3. The summed E-state index contributed by atoms with van der Waals surface area (Å²) in [5, 5.41) is 3.08. The Labute approximate surface area is 186 Å². The average molecular weight is 453 g/mol. The SMILES string of the molecule is CCOC(=O)C(CCc1ccccc1)N[C@@H](C)C(=O)N1CCS(=O)CC1C(=O)OCC. The van der Waals surface area contributed by atoms with Crippen LogP contribution in [-0.4, -0.2) is 76.3 Å². The van der Waals surface area contributed by atoms with E-state index in [0.29, 0.717) is 18.6 Å². The number of carbonyl (C=O) groups excluding carboxylic acids is 3. The average Bonchev–Trinajstić information content (AvgIpc) is 2.76. The molecule has 1 aromatic carbocycles. The molecule has 1 fully saturated rings. The molecule has 0 aromatic heterocycles. The maximum Gasteiger partial charge on any atom is 0.329 e. The Bertz CT molecular complexity index is 773. The molecule has 0 radical (unpaired) electrons. The standard InChI is InChI=1S/C22H32N2O6S/c1-4-29-21(26)18(12-11-17-9-7-6-8-10-17)23-16(3)20(25)24-13-14-31(28)15-19(24)22(27)30-5-2/h6-10,16,18-19,23H,4-5,11-15H2,1-3H3/t16-,18?,19?,31?/m0/s1. The minimum Gasteiger partial charge on any atom is -0.465 e. The zero-order chi connectivity index (χ0) is 22.8. The molecule has 1 amide bonds. The van der Waals surface area contributed by atoms with Gasteiger partial charge in [0.2, 0.25) is 5.91 Å². The van der Waals surface area contributed by atoms with Crippen molar-refractivity contribution in [3.63, 3.8) is 0 Å². The van der Waals surface area contributed by atoms with E-state index in [4.69, 9.17) is 9.47 Å². The third-order valence-electron chi connectivity index (χ3n) is 5.08. The number of benzene rings is 1. The van der Waals surface area contributed by atoms with Crippen LogP contribution in [-0.2, 0) is 41.1 Å². The van der Waals surface area contributed by atoms with Crippen molar-refractivity contribution in [1.82, 2.24) is 10.2 Å². The molecule has 1 heterocycles. The van der Waals surface area contributed by atoms with Crippen LogP contribution in [0, 0.1) is 0 Å². The van der Waals surface area contributed by atoms with Crippen molar-refractivity contribution < 1.29 is 28.1 Å². The van der Waals surface area contributed by atoms with Crippen molar-refractivity contribution in [2.45, 2.75) is 51.7 Å². The molecule has 0 spiro atoms. The van der Waals surface area contributed by atoms with E-state index in [1.807, 2.05) is 30.3 Å². The number of esters is 2. The first-order valence-electron chi connectivity index (χ1n) is 10.7. The predicted molar refractivity (Wildman–Crippen MR) is 118 cm³/mol. The monoisotopic (exact) mass is 452 g/mol. The molecule has 31 heavy (non-hydrogen) atoms. The van der Waals surface area contributed by atoms with Gasteiger partial charge < -0.3 is 14.4 Å². The van der Waals surface area contributed by atoms with Gasteiger partial charge >= 0.3 is 11.9 Å². The van der Waals surface area contributed by atoms with Gasteiger partial charge in [-0.05, 0) is 39.2 Å². The van der Waals surface area contributed by atoms with Crippen molar-refractivity contribution in [3.05, 3.63) is 35.9 Å². The van der Waals surface area contributed by atoms with Crippen LogP contribution in [0.1, 0.15) is 32.8 Å². The molecule has 8 nitrogen and oxygen atoms in total. The predicted octanol–water partition coefficient (Wildman–Crippen LogP) is 1.05. The summed E-state index contributed by atoms with van der Waals surface area (Å²) in [5.74, 6) is -0.929. The molecule has 1 aliphatic rings. The highest BCUT2D eigenvalue weighted by molar-refractivity contribution is 7.85. The van der Waals surface area contributed by atoms with Crippen LogP contribution in [0.25, 0.3) is 0 Å². The maximum absolute atomic E-state index is 13.1. The second kappa shape index (κ2) is 12.6. The molecule has 0 bridgehead atoms. The van der Waals surface area contributed by atoms with E-state index in [0.717, 1.165) is 5.56 Å². The summed E-state index contributed by atoms with van der Waals surface area (Å²) in [7, 11) is -1.18. The minimum atomic E-state index is -1.18. The lowest BCUT2D eigenvalue weighted by Gasteiger charge is -2.35. The molecule has 3 unspecified atom stereocenters. The zero-order valence-corrected chi connectivity index (χ0v) is 19.2. The topological polar surface area (TPSA) is 102 Å². The fraction of sp³-hybridized carbons (Fsp3) is 0.591. The summed E-state index contributed by atoms with van der Waals surface area (Å²) in [6, 6.07) is 7.48. The first-order valence-corrected chi connectivity index (χ1v) is 12.1. The van der Waals surface area contributed by atoms with Gasteiger partial charge in [-0.3, -0.25) is 19.1 Å². The third kappa shape index (κ3) is 7.43. The summed E-state index contributed by atoms with van der Waals surface area (Å²) < 4.78 is 22.2. The molecular formula is C22H32N2O6S. The molecule has 0 saturated carbocycles. The highest BCUT2D eigenvalue weighted by Crippen LogP contribution is 2.14. The van der Waals surface area contributed by atoms with Gasteiger partial charge in [-0.2, -0.15) is 0 Å². The lowest BCUT2D eigenvalue weighted by atomic mass is 10.0. The Hall–Kier alpha value is -2.26. The van der Waals surface area contributed by atoms with E-state index in [1.165, 1.54) is 4.90 Å². The van der Waals surface area contributed by atoms with Crippen molar-refractivity contribution in [2.75, 3.05) is 31.3 Å². The number of nitrogens with one attached hydrogen (secondary N) is 1. The van der Waals surface area contributed by atoms with Gasteiger partial charge in [-0.1, -0.05) is 30.3 Å². The van der Waals surface area contributed by atoms with Crippen LogP contribution in [0.15, 0.2) is 30.3 Å². The Balaban J connectivity index is 2.08. The van der Waals surface area contributed by atoms with E-state index >= 15 is 0 Å². The normalized spacial score (nSPS) is 20.5.